The molecule has 132 valence electrons. The Morgan fingerprint density at radius 1 is 0.731 bits per heavy atom. The van der Waals surface area contributed by atoms with Crippen molar-refractivity contribution in [3.8, 4) is 11.1 Å². The molecule has 26 heavy (non-hydrogen) atoms. The fourth-order valence-corrected chi connectivity index (χ4v) is 3.76. The van der Waals surface area contributed by atoms with Crippen molar-refractivity contribution in [2.75, 3.05) is 19.6 Å². The van der Waals surface area contributed by atoms with E-state index in [9.17, 15) is 0 Å². The molecular weight excluding hydrogens is 316 g/mol. The zero-order chi connectivity index (χ0) is 17.6. The number of piperazine rings is 1. The number of nitrogens with zero attached hydrogens (tertiary/aromatic N) is 1. The zero-order valence-corrected chi connectivity index (χ0v) is 15.1. The molecule has 0 aromatic heterocycles. The van der Waals surface area contributed by atoms with Gasteiger partial charge in [0.2, 0.25) is 0 Å². The predicted octanol–water partition coefficient (Wildman–Crippen LogP) is 4.37. The Labute approximate surface area is 156 Å². The maximum absolute atomic E-state index is 3.69. The van der Waals surface area contributed by atoms with Crippen LogP contribution in [0.2, 0.25) is 0 Å². The summed E-state index contributed by atoms with van der Waals surface area (Å²) in [5, 5.41) is 3.69. The molecule has 0 saturated carbocycles. The van der Waals surface area contributed by atoms with Crippen molar-refractivity contribution in [3.05, 3.63) is 96.1 Å². The third kappa shape index (κ3) is 4.40. The fourth-order valence-electron chi connectivity index (χ4n) is 3.76. The SMILES string of the molecule is c1ccc(CN2CCN[C@H](Cc3ccc(-c4ccccc4)cc3)C2)cc1. The first-order chi connectivity index (χ1) is 12.9. The maximum Gasteiger partial charge on any atom is 0.0236 e. The second-order valence-electron chi connectivity index (χ2n) is 7.14. The van der Waals surface area contributed by atoms with Crippen molar-refractivity contribution in [3.63, 3.8) is 0 Å². The lowest BCUT2D eigenvalue weighted by atomic mass is 9.99. The summed E-state index contributed by atoms with van der Waals surface area (Å²) in [6, 6.07) is 30.9. The van der Waals surface area contributed by atoms with Gasteiger partial charge in [0, 0.05) is 32.2 Å². The van der Waals surface area contributed by atoms with Crippen LogP contribution >= 0.6 is 0 Å². The van der Waals surface area contributed by atoms with Crippen molar-refractivity contribution >= 4 is 0 Å². The maximum atomic E-state index is 3.69. The molecule has 3 aromatic rings. The minimum atomic E-state index is 0.523. The molecule has 4 rings (SSSR count). The highest BCUT2D eigenvalue weighted by Crippen LogP contribution is 2.20. The predicted molar refractivity (Wildman–Crippen MR) is 109 cm³/mol. The smallest absolute Gasteiger partial charge is 0.0236 e. The Morgan fingerprint density at radius 2 is 1.38 bits per heavy atom. The minimum Gasteiger partial charge on any atom is -0.311 e. The molecule has 3 aromatic carbocycles. The van der Waals surface area contributed by atoms with E-state index >= 15 is 0 Å². The molecule has 1 aliphatic heterocycles. The standard InChI is InChI=1S/C24H26N2/c1-3-7-21(8-4-1)18-26-16-15-25-24(19-26)17-20-11-13-23(14-12-20)22-9-5-2-6-10-22/h1-14,24-25H,15-19H2/t24-/m1/s1. The summed E-state index contributed by atoms with van der Waals surface area (Å²) in [4.78, 5) is 2.56. The lowest BCUT2D eigenvalue weighted by Crippen LogP contribution is -2.51. The van der Waals surface area contributed by atoms with Gasteiger partial charge < -0.3 is 5.32 Å². The third-order valence-corrected chi connectivity index (χ3v) is 5.13. The van der Waals surface area contributed by atoms with Crippen molar-refractivity contribution in [2.24, 2.45) is 0 Å². The van der Waals surface area contributed by atoms with Crippen LogP contribution in [0.1, 0.15) is 11.1 Å². The molecule has 1 aliphatic rings. The molecule has 1 heterocycles. The molecule has 1 saturated heterocycles. The fraction of sp³-hybridized carbons (Fsp3) is 0.250. The topological polar surface area (TPSA) is 15.3 Å². The highest BCUT2D eigenvalue weighted by molar-refractivity contribution is 5.63. The summed E-state index contributed by atoms with van der Waals surface area (Å²) in [6.07, 6.45) is 1.08. The van der Waals surface area contributed by atoms with Gasteiger partial charge in [0.15, 0.2) is 0 Å². The molecule has 1 atom stereocenters. The third-order valence-electron chi connectivity index (χ3n) is 5.13. The van der Waals surface area contributed by atoms with Gasteiger partial charge in [-0.1, -0.05) is 84.9 Å². The van der Waals surface area contributed by atoms with Gasteiger partial charge >= 0.3 is 0 Å². The van der Waals surface area contributed by atoms with Gasteiger partial charge in [-0.25, -0.2) is 0 Å². The molecule has 2 heteroatoms. The molecule has 0 spiro atoms. The molecule has 0 radical (unpaired) electrons. The van der Waals surface area contributed by atoms with Crippen molar-refractivity contribution < 1.29 is 0 Å². The van der Waals surface area contributed by atoms with Crippen LogP contribution in [0.15, 0.2) is 84.9 Å². The van der Waals surface area contributed by atoms with Crippen LogP contribution in [-0.2, 0) is 13.0 Å². The number of hydrogen-bond acceptors (Lipinski definition) is 2. The Bertz CT molecular complexity index is 797. The van der Waals surface area contributed by atoms with E-state index in [0.29, 0.717) is 6.04 Å². The zero-order valence-electron chi connectivity index (χ0n) is 15.1. The Kier molecular flexibility index (Phi) is 5.44. The second-order valence-corrected chi connectivity index (χ2v) is 7.14. The number of nitrogens with one attached hydrogen (secondary N) is 1. The van der Waals surface area contributed by atoms with Gasteiger partial charge in [0.25, 0.3) is 0 Å². The van der Waals surface area contributed by atoms with Crippen LogP contribution in [0.25, 0.3) is 11.1 Å². The van der Waals surface area contributed by atoms with Crippen LogP contribution in [-0.4, -0.2) is 30.6 Å². The molecular formula is C24H26N2. The van der Waals surface area contributed by atoms with E-state index < -0.39 is 0 Å². The summed E-state index contributed by atoms with van der Waals surface area (Å²) in [5.74, 6) is 0. The highest BCUT2D eigenvalue weighted by atomic mass is 15.2. The largest absolute Gasteiger partial charge is 0.311 e. The average molecular weight is 342 g/mol. The Morgan fingerprint density at radius 3 is 2.12 bits per heavy atom. The highest BCUT2D eigenvalue weighted by Gasteiger charge is 2.19. The van der Waals surface area contributed by atoms with Gasteiger partial charge in [-0.05, 0) is 28.7 Å². The lowest BCUT2D eigenvalue weighted by Gasteiger charge is -2.34. The first kappa shape index (κ1) is 17.0. The van der Waals surface area contributed by atoms with Gasteiger partial charge in [-0.15, -0.1) is 0 Å². The van der Waals surface area contributed by atoms with Crippen molar-refractivity contribution in [2.45, 2.75) is 19.0 Å². The monoisotopic (exact) mass is 342 g/mol. The first-order valence-corrected chi connectivity index (χ1v) is 9.51. The van der Waals surface area contributed by atoms with Crippen LogP contribution in [0, 0.1) is 0 Å². The van der Waals surface area contributed by atoms with E-state index in [4.69, 9.17) is 0 Å². The van der Waals surface area contributed by atoms with E-state index in [1.165, 1.54) is 22.3 Å². The minimum absolute atomic E-state index is 0.523. The molecule has 0 aliphatic carbocycles. The van der Waals surface area contributed by atoms with Crippen molar-refractivity contribution in [1.29, 1.82) is 0 Å². The van der Waals surface area contributed by atoms with Gasteiger partial charge in [0.05, 0.1) is 0 Å². The van der Waals surface area contributed by atoms with Gasteiger partial charge in [0.1, 0.15) is 0 Å². The van der Waals surface area contributed by atoms with Crippen LogP contribution < -0.4 is 5.32 Å². The molecule has 1 fully saturated rings. The average Bonchev–Trinajstić information content (AvgIpc) is 2.70. The van der Waals surface area contributed by atoms with E-state index in [1.54, 1.807) is 0 Å². The van der Waals surface area contributed by atoms with Gasteiger partial charge in [-0.2, -0.15) is 0 Å². The van der Waals surface area contributed by atoms with Crippen molar-refractivity contribution in [1.82, 2.24) is 10.2 Å². The van der Waals surface area contributed by atoms with Crippen LogP contribution in [0.4, 0.5) is 0 Å². The summed E-state index contributed by atoms with van der Waals surface area (Å²) in [7, 11) is 0. The summed E-state index contributed by atoms with van der Waals surface area (Å²) in [5.41, 5.74) is 5.38. The van der Waals surface area contributed by atoms with E-state index in [0.717, 1.165) is 32.6 Å². The Hall–Kier alpha value is -2.42. The normalized spacial score (nSPS) is 17.9. The summed E-state index contributed by atoms with van der Waals surface area (Å²) >= 11 is 0. The molecule has 0 bridgehead atoms. The quantitative estimate of drug-likeness (QED) is 0.741. The molecule has 2 nitrogen and oxygen atoms in total. The van der Waals surface area contributed by atoms with E-state index in [1.807, 2.05) is 0 Å². The number of benzene rings is 3. The Balaban J connectivity index is 1.36. The molecule has 1 N–H and O–H groups in total. The lowest BCUT2D eigenvalue weighted by molar-refractivity contribution is 0.192. The first-order valence-electron chi connectivity index (χ1n) is 9.51. The second kappa shape index (κ2) is 8.31. The molecule has 0 amide bonds. The van der Waals surface area contributed by atoms with E-state index in [-0.39, 0.29) is 0 Å². The molecule has 0 unspecified atom stereocenters. The van der Waals surface area contributed by atoms with Crippen LogP contribution in [0.3, 0.4) is 0 Å². The van der Waals surface area contributed by atoms with Gasteiger partial charge in [-0.3, -0.25) is 4.90 Å². The number of rotatable bonds is 5. The van der Waals surface area contributed by atoms with E-state index in [2.05, 4.69) is 95.1 Å². The summed E-state index contributed by atoms with van der Waals surface area (Å²) < 4.78 is 0. The number of hydrogen-bond donors (Lipinski definition) is 1. The van der Waals surface area contributed by atoms with Crippen LogP contribution in [0.5, 0.6) is 0 Å². The summed E-state index contributed by atoms with van der Waals surface area (Å²) in [6.45, 7) is 4.35.